The first-order chi connectivity index (χ1) is 11.1. The van der Waals surface area contributed by atoms with Crippen LogP contribution in [0, 0.1) is 13.8 Å². The lowest BCUT2D eigenvalue weighted by atomic mass is 10.1. The van der Waals surface area contributed by atoms with Crippen LogP contribution in [0.2, 0.25) is 0 Å². The first-order valence-corrected chi connectivity index (χ1v) is 7.93. The molecule has 0 spiro atoms. The highest BCUT2D eigenvalue weighted by atomic mass is 127. The second-order valence-corrected chi connectivity index (χ2v) is 5.50. The van der Waals surface area contributed by atoms with Crippen LogP contribution in [0.15, 0.2) is 33.8 Å². The van der Waals surface area contributed by atoms with Gasteiger partial charge >= 0.3 is 0 Å². The predicted molar refractivity (Wildman–Crippen MR) is 107 cm³/mol. The van der Waals surface area contributed by atoms with Gasteiger partial charge in [-0.25, -0.2) is 0 Å². The van der Waals surface area contributed by atoms with Crippen LogP contribution in [-0.2, 0) is 13.0 Å². The Labute approximate surface area is 160 Å². The molecule has 1 aromatic heterocycles. The second-order valence-electron chi connectivity index (χ2n) is 5.50. The number of rotatable bonds is 6. The molecule has 0 aliphatic rings. The molecule has 0 radical (unpaired) electrons. The number of aliphatic imine (C=N–C) groups is 1. The van der Waals surface area contributed by atoms with Gasteiger partial charge in [-0.05, 0) is 31.9 Å². The Morgan fingerprint density at radius 1 is 1.29 bits per heavy atom. The standard InChI is InChI=1S/C17H25N5O.HI/c1-5-18-17(19-11-10-16-20-14(3)21-23-16)22(4)12-15-9-7-6-8-13(15)2;/h6-9H,5,10-12H2,1-4H3,(H,18,19);1H. The molecule has 2 rings (SSSR count). The van der Waals surface area contributed by atoms with E-state index < -0.39 is 0 Å². The SMILES string of the molecule is CCNC(=NCCc1nc(C)no1)N(C)Cc1ccccc1C.I. The van der Waals surface area contributed by atoms with Gasteiger partial charge in [-0.1, -0.05) is 29.4 Å². The van der Waals surface area contributed by atoms with Gasteiger partial charge in [-0.2, -0.15) is 4.98 Å². The van der Waals surface area contributed by atoms with Crippen LogP contribution in [0.4, 0.5) is 0 Å². The molecule has 1 N–H and O–H groups in total. The molecule has 0 aliphatic carbocycles. The maximum absolute atomic E-state index is 5.11. The minimum Gasteiger partial charge on any atom is -0.357 e. The molecule has 2 aromatic rings. The van der Waals surface area contributed by atoms with E-state index in [2.05, 4.69) is 63.5 Å². The van der Waals surface area contributed by atoms with Gasteiger partial charge < -0.3 is 14.7 Å². The highest BCUT2D eigenvalue weighted by molar-refractivity contribution is 14.0. The quantitative estimate of drug-likeness (QED) is 0.423. The van der Waals surface area contributed by atoms with Crippen molar-refractivity contribution in [3.8, 4) is 0 Å². The van der Waals surface area contributed by atoms with Crippen LogP contribution >= 0.6 is 24.0 Å². The molecule has 132 valence electrons. The Balaban J connectivity index is 0.00000288. The zero-order chi connectivity index (χ0) is 16.7. The molecule has 0 atom stereocenters. The Bertz CT molecular complexity index is 656. The largest absolute Gasteiger partial charge is 0.357 e. The van der Waals surface area contributed by atoms with Crippen molar-refractivity contribution in [2.24, 2.45) is 4.99 Å². The van der Waals surface area contributed by atoms with Gasteiger partial charge in [0, 0.05) is 26.6 Å². The summed E-state index contributed by atoms with van der Waals surface area (Å²) in [4.78, 5) is 11.0. The number of nitrogens with one attached hydrogen (secondary N) is 1. The van der Waals surface area contributed by atoms with Crippen molar-refractivity contribution >= 4 is 29.9 Å². The van der Waals surface area contributed by atoms with Gasteiger partial charge in [0.15, 0.2) is 11.8 Å². The average Bonchev–Trinajstić information content (AvgIpc) is 2.94. The lowest BCUT2D eigenvalue weighted by Gasteiger charge is -2.23. The molecule has 0 saturated carbocycles. The van der Waals surface area contributed by atoms with Gasteiger partial charge in [-0.15, -0.1) is 24.0 Å². The lowest BCUT2D eigenvalue weighted by Crippen LogP contribution is -2.38. The molecule has 0 bridgehead atoms. The topological polar surface area (TPSA) is 66.5 Å². The summed E-state index contributed by atoms with van der Waals surface area (Å²) >= 11 is 0. The molecule has 6 nitrogen and oxygen atoms in total. The molecular formula is C17H26IN5O. The summed E-state index contributed by atoms with van der Waals surface area (Å²) in [5.74, 6) is 2.17. The van der Waals surface area contributed by atoms with Crippen LogP contribution in [0.25, 0.3) is 0 Å². The minimum atomic E-state index is 0. The van der Waals surface area contributed by atoms with E-state index in [1.807, 2.05) is 14.0 Å². The summed E-state index contributed by atoms with van der Waals surface area (Å²) in [6, 6.07) is 8.41. The van der Waals surface area contributed by atoms with Crippen LogP contribution in [0.5, 0.6) is 0 Å². The predicted octanol–water partition coefficient (Wildman–Crippen LogP) is 2.94. The maximum Gasteiger partial charge on any atom is 0.228 e. The molecule has 0 unspecified atom stereocenters. The Morgan fingerprint density at radius 2 is 2.04 bits per heavy atom. The van der Waals surface area contributed by atoms with Gasteiger partial charge in [0.1, 0.15) is 0 Å². The number of aryl methyl sites for hydroxylation is 2. The maximum atomic E-state index is 5.11. The van der Waals surface area contributed by atoms with E-state index in [9.17, 15) is 0 Å². The van der Waals surface area contributed by atoms with E-state index in [1.165, 1.54) is 11.1 Å². The van der Waals surface area contributed by atoms with Gasteiger partial charge in [0.2, 0.25) is 5.89 Å². The van der Waals surface area contributed by atoms with Gasteiger partial charge in [0.05, 0.1) is 6.54 Å². The van der Waals surface area contributed by atoms with Crippen molar-refractivity contribution in [1.82, 2.24) is 20.4 Å². The monoisotopic (exact) mass is 443 g/mol. The molecule has 7 heteroatoms. The van der Waals surface area contributed by atoms with Crippen LogP contribution in [-0.4, -0.2) is 41.1 Å². The molecular weight excluding hydrogens is 417 g/mol. The number of halogens is 1. The second kappa shape index (κ2) is 10.3. The smallest absolute Gasteiger partial charge is 0.228 e. The number of hydrogen-bond acceptors (Lipinski definition) is 4. The van der Waals surface area contributed by atoms with E-state index in [4.69, 9.17) is 4.52 Å². The van der Waals surface area contributed by atoms with E-state index in [1.54, 1.807) is 0 Å². The fourth-order valence-electron chi connectivity index (χ4n) is 2.29. The molecule has 24 heavy (non-hydrogen) atoms. The van der Waals surface area contributed by atoms with Crippen molar-refractivity contribution in [3.05, 3.63) is 47.1 Å². The average molecular weight is 443 g/mol. The Hall–Kier alpha value is -1.64. The fourth-order valence-corrected chi connectivity index (χ4v) is 2.29. The molecule has 1 heterocycles. The summed E-state index contributed by atoms with van der Waals surface area (Å²) < 4.78 is 5.11. The van der Waals surface area contributed by atoms with Crippen LogP contribution in [0.1, 0.15) is 29.8 Å². The van der Waals surface area contributed by atoms with Crippen LogP contribution < -0.4 is 5.32 Å². The zero-order valence-corrected chi connectivity index (χ0v) is 17.1. The summed E-state index contributed by atoms with van der Waals surface area (Å²) in [5.41, 5.74) is 2.59. The van der Waals surface area contributed by atoms with Crippen LogP contribution in [0.3, 0.4) is 0 Å². The van der Waals surface area contributed by atoms with Crippen molar-refractivity contribution in [1.29, 1.82) is 0 Å². The number of benzene rings is 1. The summed E-state index contributed by atoms with van der Waals surface area (Å²) in [5, 5.41) is 7.11. The Kier molecular flexibility index (Phi) is 8.73. The van der Waals surface area contributed by atoms with E-state index in [0.717, 1.165) is 19.0 Å². The summed E-state index contributed by atoms with van der Waals surface area (Å²) in [6.45, 7) is 8.27. The summed E-state index contributed by atoms with van der Waals surface area (Å²) in [6.07, 6.45) is 0.647. The Morgan fingerprint density at radius 3 is 2.67 bits per heavy atom. The summed E-state index contributed by atoms with van der Waals surface area (Å²) in [7, 11) is 2.05. The third-order valence-electron chi connectivity index (χ3n) is 3.52. The molecule has 0 saturated heterocycles. The van der Waals surface area contributed by atoms with E-state index >= 15 is 0 Å². The highest BCUT2D eigenvalue weighted by Gasteiger charge is 2.08. The van der Waals surface area contributed by atoms with Gasteiger partial charge in [0.25, 0.3) is 0 Å². The minimum absolute atomic E-state index is 0. The molecule has 0 fully saturated rings. The first kappa shape index (κ1) is 20.4. The first-order valence-electron chi connectivity index (χ1n) is 7.93. The fraction of sp³-hybridized carbons (Fsp3) is 0.471. The molecule has 0 amide bonds. The number of hydrogen-bond donors (Lipinski definition) is 1. The van der Waals surface area contributed by atoms with Crippen molar-refractivity contribution < 1.29 is 4.52 Å². The third kappa shape index (κ3) is 6.10. The van der Waals surface area contributed by atoms with E-state index in [-0.39, 0.29) is 24.0 Å². The van der Waals surface area contributed by atoms with Gasteiger partial charge in [-0.3, -0.25) is 4.99 Å². The van der Waals surface area contributed by atoms with Crippen molar-refractivity contribution in [3.63, 3.8) is 0 Å². The van der Waals surface area contributed by atoms with E-state index in [0.29, 0.717) is 24.7 Å². The molecule has 0 aliphatic heterocycles. The van der Waals surface area contributed by atoms with Crippen molar-refractivity contribution in [2.75, 3.05) is 20.1 Å². The third-order valence-corrected chi connectivity index (χ3v) is 3.52. The zero-order valence-electron chi connectivity index (χ0n) is 14.7. The normalized spacial score (nSPS) is 11.1. The van der Waals surface area contributed by atoms with Crippen molar-refractivity contribution in [2.45, 2.75) is 33.7 Å². The number of nitrogens with zero attached hydrogens (tertiary/aromatic N) is 4. The number of guanidine groups is 1. The molecule has 1 aromatic carbocycles. The highest BCUT2D eigenvalue weighted by Crippen LogP contribution is 2.09. The lowest BCUT2D eigenvalue weighted by molar-refractivity contribution is 0.375. The number of aromatic nitrogens is 2.